The summed E-state index contributed by atoms with van der Waals surface area (Å²) in [6.45, 7) is 1.94. The summed E-state index contributed by atoms with van der Waals surface area (Å²) in [5.74, 6) is 0.125. The van der Waals surface area contributed by atoms with Crippen LogP contribution in [0.3, 0.4) is 0 Å². The number of nitrogens with one attached hydrogen (secondary N) is 1. The molecule has 0 atom stereocenters. The van der Waals surface area contributed by atoms with Crippen molar-refractivity contribution in [2.75, 3.05) is 5.32 Å². The van der Waals surface area contributed by atoms with Crippen LogP contribution in [0.4, 0.5) is 19.0 Å². The van der Waals surface area contributed by atoms with Crippen LogP contribution >= 0.6 is 11.6 Å². The van der Waals surface area contributed by atoms with Crippen molar-refractivity contribution in [1.29, 1.82) is 0 Å². The third-order valence-electron chi connectivity index (χ3n) is 2.88. The number of aromatic nitrogens is 2. The van der Waals surface area contributed by atoms with Gasteiger partial charge in [-0.3, -0.25) is 0 Å². The van der Waals surface area contributed by atoms with Gasteiger partial charge in [0.25, 0.3) is 0 Å². The molecule has 1 fully saturated rings. The summed E-state index contributed by atoms with van der Waals surface area (Å²) in [5.41, 5.74) is -1.21. The lowest BCUT2D eigenvalue weighted by atomic mass is 9.78. The van der Waals surface area contributed by atoms with Crippen LogP contribution in [0.15, 0.2) is 6.07 Å². The molecule has 1 aromatic rings. The lowest BCUT2D eigenvalue weighted by Gasteiger charge is -2.39. The molecule has 3 nitrogen and oxygen atoms in total. The fraction of sp³-hybridized carbons (Fsp3) is 0.600. The standard InChI is InChI=1S/C10H11ClF3N3/c1-9(3-2-4-9)17-7-5-6(10(12,13)14)15-8(11)16-7/h5H,2-4H2,1H3,(H,15,16,17). The number of hydrogen-bond donors (Lipinski definition) is 1. The maximum atomic E-state index is 12.5. The van der Waals surface area contributed by atoms with Crippen LogP contribution in [0.5, 0.6) is 0 Å². The minimum Gasteiger partial charge on any atom is -0.365 e. The Labute approximate surface area is 101 Å². The summed E-state index contributed by atoms with van der Waals surface area (Å²) in [6, 6.07) is 0.884. The fourth-order valence-corrected chi connectivity index (χ4v) is 1.95. The Morgan fingerprint density at radius 1 is 1.35 bits per heavy atom. The number of nitrogens with zero attached hydrogens (tertiary/aromatic N) is 2. The molecule has 1 aliphatic carbocycles. The Bertz CT molecular complexity index is 429. The van der Waals surface area contributed by atoms with Crippen LogP contribution in [0, 0.1) is 0 Å². The van der Waals surface area contributed by atoms with E-state index in [1.54, 1.807) is 0 Å². The molecule has 1 aromatic heterocycles. The Morgan fingerprint density at radius 2 is 2.00 bits per heavy atom. The first kappa shape index (κ1) is 12.4. The predicted octanol–water partition coefficient (Wildman–Crippen LogP) is 3.50. The normalized spacial score (nSPS) is 18.6. The molecule has 0 unspecified atom stereocenters. The average molecular weight is 266 g/mol. The molecule has 7 heteroatoms. The molecule has 0 radical (unpaired) electrons. The van der Waals surface area contributed by atoms with Crippen molar-refractivity contribution in [2.45, 2.75) is 37.9 Å². The van der Waals surface area contributed by atoms with Crippen LogP contribution in [0.2, 0.25) is 5.28 Å². The third kappa shape index (κ3) is 2.80. The van der Waals surface area contributed by atoms with Crippen molar-refractivity contribution in [3.05, 3.63) is 17.0 Å². The first-order chi connectivity index (χ1) is 7.78. The van der Waals surface area contributed by atoms with Gasteiger partial charge in [0.15, 0.2) is 5.69 Å². The lowest BCUT2D eigenvalue weighted by molar-refractivity contribution is -0.141. The first-order valence-corrected chi connectivity index (χ1v) is 5.56. The minimum absolute atomic E-state index is 0.125. The van der Waals surface area contributed by atoms with Crippen molar-refractivity contribution in [3.63, 3.8) is 0 Å². The number of halogens is 4. The van der Waals surface area contributed by atoms with E-state index in [-0.39, 0.29) is 11.4 Å². The molecular weight excluding hydrogens is 255 g/mol. The van der Waals surface area contributed by atoms with Gasteiger partial charge in [0.2, 0.25) is 5.28 Å². The van der Waals surface area contributed by atoms with Crippen molar-refractivity contribution < 1.29 is 13.2 Å². The highest BCUT2D eigenvalue weighted by atomic mass is 35.5. The summed E-state index contributed by atoms with van der Waals surface area (Å²) < 4.78 is 37.5. The van der Waals surface area contributed by atoms with Crippen LogP contribution in [0.25, 0.3) is 0 Å². The Morgan fingerprint density at radius 3 is 2.47 bits per heavy atom. The second kappa shape index (κ2) is 4.01. The smallest absolute Gasteiger partial charge is 0.365 e. The van der Waals surface area contributed by atoms with E-state index in [1.165, 1.54) is 0 Å². The highest BCUT2D eigenvalue weighted by Crippen LogP contribution is 2.35. The molecule has 2 rings (SSSR count). The average Bonchev–Trinajstić information content (AvgIpc) is 2.13. The van der Waals surface area contributed by atoms with Gasteiger partial charge in [-0.1, -0.05) is 0 Å². The third-order valence-corrected chi connectivity index (χ3v) is 3.05. The van der Waals surface area contributed by atoms with Gasteiger partial charge in [-0.2, -0.15) is 13.2 Å². The molecule has 17 heavy (non-hydrogen) atoms. The van der Waals surface area contributed by atoms with Gasteiger partial charge in [0.05, 0.1) is 0 Å². The molecule has 1 saturated carbocycles. The maximum absolute atomic E-state index is 12.5. The van der Waals surface area contributed by atoms with Gasteiger partial charge in [0, 0.05) is 11.6 Å². The van der Waals surface area contributed by atoms with E-state index in [9.17, 15) is 13.2 Å². The van der Waals surface area contributed by atoms with Gasteiger partial charge in [-0.15, -0.1) is 0 Å². The molecule has 1 N–H and O–H groups in total. The monoisotopic (exact) mass is 265 g/mol. The SMILES string of the molecule is CC1(Nc2cc(C(F)(F)F)nc(Cl)n2)CCC1. The highest BCUT2D eigenvalue weighted by molar-refractivity contribution is 6.28. The molecular formula is C10H11ClF3N3. The van der Waals surface area contributed by atoms with E-state index < -0.39 is 17.2 Å². The van der Waals surface area contributed by atoms with E-state index in [2.05, 4.69) is 15.3 Å². The molecule has 0 aliphatic heterocycles. The zero-order valence-electron chi connectivity index (χ0n) is 9.10. The molecule has 0 bridgehead atoms. The van der Waals surface area contributed by atoms with E-state index in [0.29, 0.717) is 0 Å². The van der Waals surface area contributed by atoms with Crippen molar-refractivity contribution in [3.8, 4) is 0 Å². The summed E-state index contributed by atoms with van der Waals surface area (Å²) in [7, 11) is 0. The number of hydrogen-bond acceptors (Lipinski definition) is 3. The van der Waals surface area contributed by atoms with Gasteiger partial charge >= 0.3 is 6.18 Å². The second-order valence-corrected chi connectivity index (χ2v) is 4.78. The maximum Gasteiger partial charge on any atom is 0.433 e. The molecule has 0 amide bonds. The number of alkyl halides is 3. The summed E-state index contributed by atoms with van der Waals surface area (Å²) in [6.07, 6.45) is -1.62. The first-order valence-electron chi connectivity index (χ1n) is 5.18. The summed E-state index contributed by atoms with van der Waals surface area (Å²) >= 11 is 5.48. The highest BCUT2D eigenvalue weighted by Gasteiger charge is 2.35. The number of rotatable bonds is 2. The van der Waals surface area contributed by atoms with Gasteiger partial charge < -0.3 is 5.32 Å². The zero-order valence-corrected chi connectivity index (χ0v) is 9.86. The zero-order chi connectivity index (χ0) is 12.7. The van der Waals surface area contributed by atoms with Crippen LogP contribution in [0.1, 0.15) is 31.9 Å². The minimum atomic E-state index is -4.51. The molecule has 0 saturated heterocycles. The molecule has 1 aliphatic rings. The number of anilines is 1. The molecule has 0 aromatic carbocycles. The van der Waals surface area contributed by atoms with E-state index >= 15 is 0 Å². The van der Waals surface area contributed by atoms with Crippen molar-refractivity contribution in [1.82, 2.24) is 9.97 Å². The lowest BCUT2D eigenvalue weighted by Crippen LogP contribution is -2.42. The van der Waals surface area contributed by atoms with Crippen LogP contribution in [-0.2, 0) is 6.18 Å². The fourth-order valence-electron chi connectivity index (χ4n) is 1.77. The summed E-state index contributed by atoms with van der Waals surface area (Å²) in [5, 5.41) is 2.57. The largest absolute Gasteiger partial charge is 0.433 e. The van der Waals surface area contributed by atoms with Crippen molar-refractivity contribution >= 4 is 17.4 Å². The van der Waals surface area contributed by atoms with Crippen LogP contribution in [-0.4, -0.2) is 15.5 Å². The summed E-state index contributed by atoms with van der Waals surface area (Å²) in [4.78, 5) is 6.93. The van der Waals surface area contributed by atoms with E-state index in [4.69, 9.17) is 11.6 Å². The predicted molar refractivity (Wildman–Crippen MR) is 57.9 cm³/mol. The Hall–Kier alpha value is -1.04. The topological polar surface area (TPSA) is 37.8 Å². The van der Waals surface area contributed by atoms with Gasteiger partial charge in [0.1, 0.15) is 5.82 Å². The van der Waals surface area contributed by atoms with Gasteiger partial charge in [-0.25, -0.2) is 9.97 Å². The Kier molecular flexibility index (Phi) is 2.93. The molecule has 94 valence electrons. The van der Waals surface area contributed by atoms with Crippen molar-refractivity contribution in [2.24, 2.45) is 0 Å². The van der Waals surface area contributed by atoms with E-state index in [1.807, 2.05) is 6.92 Å². The molecule has 0 spiro atoms. The Balaban J connectivity index is 2.25. The van der Waals surface area contributed by atoms with E-state index in [0.717, 1.165) is 25.3 Å². The second-order valence-electron chi connectivity index (χ2n) is 4.44. The molecule has 1 heterocycles. The van der Waals surface area contributed by atoms with Gasteiger partial charge in [-0.05, 0) is 37.8 Å². The quantitative estimate of drug-likeness (QED) is 0.832. The van der Waals surface area contributed by atoms with Crippen LogP contribution < -0.4 is 5.32 Å².